The number of aromatic nitrogens is 4. The van der Waals surface area contributed by atoms with Gasteiger partial charge in [-0.25, -0.2) is 9.78 Å². The van der Waals surface area contributed by atoms with Gasteiger partial charge in [0.25, 0.3) is 5.65 Å². The SMILES string of the molecule is Nc1nc[nH+]c2nc[nH]c12.O.O=C([O-])/C=C\C(=O)O. The fraction of sp³-hybridized carbons (Fsp3) is 0. The normalized spacial score (nSPS) is 9.47. The monoisotopic (exact) mass is 269 g/mol. The first-order valence-corrected chi connectivity index (χ1v) is 4.58. The Bertz CT molecular complexity index is 577. The third-order valence-electron chi connectivity index (χ3n) is 1.66. The number of fused-ring (bicyclic) bond motifs is 1. The van der Waals surface area contributed by atoms with E-state index in [1.807, 2.05) is 0 Å². The number of nitrogens with two attached hydrogens (primary N) is 1. The van der Waals surface area contributed by atoms with Crippen molar-refractivity contribution in [2.45, 2.75) is 0 Å². The van der Waals surface area contributed by atoms with E-state index in [0.29, 0.717) is 18.0 Å². The van der Waals surface area contributed by atoms with Gasteiger partial charge >= 0.3 is 5.97 Å². The average molecular weight is 269 g/mol. The summed E-state index contributed by atoms with van der Waals surface area (Å²) < 4.78 is 0. The van der Waals surface area contributed by atoms with Crippen LogP contribution in [0.15, 0.2) is 24.8 Å². The number of carbonyl (C=O) groups is 2. The van der Waals surface area contributed by atoms with Gasteiger partial charge in [0, 0.05) is 6.08 Å². The maximum Gasteiger partial charge on any atom is 0.328 e. The highest BCUT2D eigenvalue weighted by atomic mass is 16.4. The molecule has 2 rings (SSSR count). The van der Waals surface area contributed by atoms with E-state index in [1.165, 1.54) is 6.33 Å². The van der Waals surface area contributed by atoms with Crippen LogP contribution in [-0.2, 0) is 9.59 Å². The number of nitrogen functional groups attached to an aromatic ring is 1. The number of aliphatic carboxylic acids is 2. The van der Waals surface area contributed by atoms with Crippen molar-refractivity contribution in [1.29, 1.82) is 0 Å². The van der Waals surface area contributed by atoms with Crippen LogP contribution in [-0.4, -0.2) is 37.5 Å². The molecule has 2 heterocycles. The first-order chi connectivity index (χ1) is 8.50. The number of hydrogen-bond acceptors (Lipinski definition) is 6. The van der Waals surface area contributed by atoms with Gasteiger partial charge in [-0.05, 0) is 6.08 Å². The molecule has 10 heteroatoms. The number of anilines is 1. The molecule has 0 aliphatic heterocycles. The number of carbonyl (C=O) groups excluding carboxylic acids is 1. The second kappa shape index (κ2) is 7.34. The van der Waals surface area contributed by atoms with Gasteiger partial charge in [-0.1, -0.05) is 9.97 Å². The van der Waals surface area contributed by atoms with Crippen LogP contribution in [0.5, 0.6) is 0 Å². The van der Waals surface area contributed by atoms with Gasteiger partial charge in [-0.2, -0.15) is 0 Å². The number of imidazole rings is 1. The minimum Gasteiger partial charge on any atom is -0.545 e. The number of nitrogens with zero attached hydrogens (tertiary/aromatic N) is 2. The summed E-state index contributed by atoms with van der Waals surface area (Å²) in [5.41, 5.74) is 6.98. The molecule has 102 valence electrons. The highest BCUT2D eigenvalue weighted by Gasteiger charge is 2.06. The number of hydrogen-bond donors (Lipinski definition) is 3. The molecule has 0 radical (unpaired) electrons. The lowest BCUT2D eigenvalue weighted by Crippen LogP contribution is -2.19. The highest BCUT2D eigenvalue weighted by molar-refractivity contribution is 5.88. The summed E-state index contributed by atoms with van der Waals surface area (Å²) in [5, 5.41) is 17.2. The Morgan fingerprint density at radius 3 is 2.58 bits per heavy atom. The lowest BCUT2D eigenvalue weighted by Gasteiger charge is -1.85. The zero-order chi connectivity index (χ0) is 13.5. The minimum atomic E-state index is -1.51. The van der Waals surface area contributed by atoms with Gasteiger partial charge in [0.15, 0.2) is 11.8 Å². The van der Waals surface area contributed by atoms with Gasteiger partial charge in [0.2, 0.25) is 12.1 Å². The Balaban J connectivity index is 0.000000335. The molecule has 0 saturated heterocycles. The molecule has 10 nitrogen and oxygen atoms in total. The molecule has 0 amide bonds. The molecular weight excluding hydrogens is 258 g/mol. The Morgan fingerprint density at radius 1 is 1.42 bits per heavy atom. The fourth-order valence-corrected chi connectivity index (χ4v) is 0.966. The van der Waals surface area contributed by atoms with Gasteiger partial charge in [0.1, 0.15) is 0 Å². The van der Waals surface area contributed by atoms with E-state index in [1.54, 1.807) is 6.33 Å². The molecule has 19 heavy (non-hydrogen) atoms. The zero-order valence-electron chi connectivity index (χ0n) is 9.45. The van der Waals surface area contributed by atoms with Gasteiger partial charge < -0.3 is 31.2 Å². The largest absolute Gasteiger partial charge is 0.545 e. The number of aromatic amines is 2. The number of nitrogens with one attached hydrogen (secondary N) is 2. The first-order valence-electron chi connectivity index (χ1n) is 4.58. The maximum atomic E-state index is 9.53. The number of rotatable bonds is 2. The fourth-order valence-electron chi connectivity index (χ4n) is 0.966. The third-order valence-corrected chi connectivity index (χ3v) is 1.66. The Labute approximate surface area is 105 Å². The van der Waals surface area contributed by atoms with E-state index in [0.717, 1.165) is 11.2 Å². The Kier molecular flexibility index (Phi) is 6.18. The van der Waals surface area contributed by atoms with Crippen molar-refractivity contribution in [2.24, 2.45) is 0 Å². The van der Waals surface area contributed by atoms with Crippen molar-refractivity contribution in [1.82, 2.24) is 15.0 Å². The van der Waals surface area contributed by atoms with Crippen molar-refractivity contribution in [3.05, 3.63) is 24.8 Å². The minimum absolute atomic E-state index is 0. The summed E-state index contributed by atoms with van der Waals surface area (Å²) in [7, 11) is 0. The van der Waals surface area contributed by atoms with Crippen LogP contribution in [0.25, 0.3) is 11.2 Å². The predicted molar refractivity (Wildman–Crippen MR) is 60.3 cm³/mol. The second-order valence-electron chi connectivity index (χ2n) is 2.90. The molecule has 0 atom stereocenters. The molecule has 2 aromatic heterocycles. The molecule has 0 bridgehead atoms. The average Bonchev–Trinajstić information content (AvgIpc) is 2.77. The van der Waals surface area contributed by atoms with E-state index in [9.17, 15) is 14.7 Å². The highest BCUT2D eigenvalue weighted by Crippen LogP contribution is 2.06. The van der Waals surface area contributed by atoms with Crippen LogP contribution in [0.4, 0.5) is 5.82 Å². The molecule has 2 aromatic rings. The number of carboxylic acids is 2. The van der Waals surface area contributed by atoms with Crippen LogP contribution in [0.3, 0.4) is 0 Å². The number of H-pyrrole nitrogens is 2. The topological polar surface area (TPSA) is 191 Å². The van der Waals surface area contributed by atoms with Crippen LogP contribution in [0.2, 0.25) is 0 Å². The zero-order valence-corrected chi connectivity index (χ0v) is 9.45. The van der Waals surface area contributed by atoms with E-state index in [4.69, 9.17) is 10.8 Å². The molecule has 0 aliphatic rings. The van der Waals surface area contributed by atoms with Gasteiger partial charge in [-0.15, -0.1) is 0 Å². The molecular formula is C9H11N5O5. The third kappa shape index (κ3) is 5.23. The summed E-state index contributed by atoms with van der Waals surface area (Å²) in [6.45, 7) is 0. The lowest BCUT2D eigenvalue weighted by molar-refractivity contribution is -0.352. The molecule has 0 spiro atoms. The summed E-state index contributed by atoms with van der Waals surface area (Å²) in [5.74, 6) is -2.34. The lowest BCUT2D eigenvalue weighted by atomic mass is 10.5. The van der Waals surface area contributed by atoms with E-state index in [-0.39, 0.29) is 5.48 Å². The van der Waals surface area contributed by atoms with Crippen LogP contribution < -0.4 is 15.8 Å². The van der Waals surface area contributed by atoms with Crippen molar-refractivity contribution in [3.8, 4) is 0 Å². The standard InChI is InChI=1S/C5H5N5.C4H4O4.H2O/c6-4-3-5(9-1-7-3)10-2-8-4;5-3(6)1-2-4(7)8;/h1-2H,(H3,6,7,8,9,10);1-2H,(H,5,6)(H,7,8);1H2/b;2-1-;. The molecule has 0 aromatic carbocycles. The van der Waals surface area contributed by atoms with E-state index in [2.05, 4.69) is 19.9 Å². The van der Waals surface area contributed by atoms with Crippen LogP contribution in [0, 0.1) is 0 Å². The molecule has 7 N–H and O–H groups in total. The Hall–Kier alpha value is -3.01. The quantitative estimate of drug-likeness (QED) is 0.480. The van der Waals surface area contributed by atoms with Crippen molar-refractivity contribution < 1.29 is 30.3 Å². The molecule has 0 unspecified atom stereocenters. The van der Waals surface area contributed by atoms with Crippen LogP contribution >= 0.6 is 0 Å². The van der Waals surface area contributed by atoms with E-state index >= 15 is 0 Å². The summed E-state index contributed by atoms with van der Waals surface area (Å²) >= 11 is 0. The van der Waals surface area contributed by atoms with Crippen LogP contribution in [0.1, 0.15) is 0 Å². The summed E-state index contributed by atoms with van der Waals surface area (Å²) in [6, 6.07) is 0. The number of carboxylic acid groups (broad SMARTS) is 2. The van der Waals surface area contributed by atoms with Gasteiger partial charge in [-0.3, -0.25) is 0 Å². The molecule has 0 aliphatic carbocycles. The first kappa shape index (κ1) is 16.0. The predicted octanol–water partition coefficient (Wildman–Crippen LogP) is -3.09. The van der Waals surface area contributed by atoms with Crippen molar-refractivity contribution in [2.75, 3.05) is 5.73 Å². The van der Waals surface area contributed by atoms with Gasteiger partial charge in [0.05, 0.1) is 5.97 Å². The van der Waals surface area contributed by atoms with Crippen molar-refractivity contribution >= 4 is 28.9 Å². The molecule has 0 fully saturated rings. The maximum absolute atomic E-state index is 9.53. The second-order valence-corrected chi connectivity index (χ2v) is 2.90. The van der Waals surface area contributed by atoms with E-state index < -0.39 is 11.9 Å². The van der Waals surface area contributed by atoms with Crippen molar-refractivity contribution in [3.63, 3.8) is 0 Å². The smallest absolute Gasteiger partial charge is 0.328 e. The Morgan fingerprint density at radius 2 is 2.11 bits per heavy atom. The molecule has 0 saturated carbocycles. The summed E-state index contributed by atoms with van der Waals surface area (Å²) in [6.07, 6.45) is 4.02. The summed E-state index contributed by atoms with van der Waals surface area (Å²) in [4.78, 5) is 32.4.